The largest absolute Gasteiger partial charge is 0.481 e. The van der Waals surface area contributed by atoms with E-state index in [0.717, 1.165) is 12.5 Å². The number of carboxylic acids is 1. The first-order valence-electron chi connectivity index (χ1n) is 3.46. The van der Waals surface area contributed by atoms with Crippen LogP contribution in [0.1, 0.15) is 12.5 Å². The Morgan fingerprint density at radius 3 is 2.00 bits per heavy atom. The molecule has 66 valence electrons. The first-order chi connectivity index (χ1) is 5.66. The summed E-state index contributed by atoms with van der Waals surface area (Å²) in [6.45, 7) is 6.31. The molecule has 0 spiro atoms. The summed E-state index contributed by atoms with van der Waals surface area (Å²) in [7, 11) is 0. The summed E-state index contributed by atoms with van der Waals surface area (Å²) in [5.41, 5.74) is 1.06. The van der Waals surface area contributed by atoms with Crippen molar-refractivity contribution in [2.75, 3.05) is 0 Å². The molecule has 0 saturated heterocycles. The topological polar surface area (TPSA) is 37.3 Å². The number of benzene rings is 1. The van der Waals surface area contributed by atoms with Gasteiger partial charge in [0, 0.05) is 26.4 Å². The molecular weight excluding hydrogens is 217 g/mol. The summed E-state index contributed by atoms with van der Waals surface area (Å²) < 4.78 is 0. The Kier molecular flexibility index (Phi) is 10.2. The van der Waals surface area contributed by atoms with Crippen molar-refractivity contribution in [1.82, 2.24) is 0 Å². The third-order valence-electron chi connectivity index (χ3n) is 0.992. The maximum absolute atomic E-state index is 9.00. The van der Waals surface area contributed by atoms with Crippen LogP contribution in [0.5, 0.6) is 0 Å². The first-order valence-corrected chi connectivity index (χ1v) is 3.46. The normalized spacial score (nSPS) is 7.15. The fraction of sp³-hybridized carbons (Fsp3) is 0.100. The minimum absolute atomic E-state index is 0. The Balaban J connectivity index is 0. The van der Waals surface area contributed by atoms with Gasteiger partial charge < -0.3 is 5.11 Å². The van der Waals surface area contributed by atoms with Crippen molar-refractivity contribution in [3.63, 3.8) is 0 Å². The predicted molar refractivity (Wildman–Crippen MR) is 48.5 cm³/mol. The second-order valence-electron chi connectivity index (χ2n) is 2.10. The molecule has 0 unspecified atom stereocenters. The molecule has 0 aliphatic rings. The molecule has 0 fully saturated rings. The number of hydrogen-bond acceptors (Lipinski definition) is 1. The second kappa shape index (κ2) is 9.14. The van der Waals surface area contributed by atoms with E-state index in [-0.39, 0.29) is 19.5 Å². The third-order valence-corrected chi connectivity index (χ3v) is 0.992. The van der Waals surface area contributed by atoms with Gasteiger partial charge in [-0.3, -0.25) is 11.4 Å². The summed E-state index contributed by atoms with van der Waals surface area (Å²) in [5.74, 6) is -0.833. The van der Waals surface area contributed by atoms with Crippen molar-refractivity contribution in [3.05, 3.63) is 42.5 Å². The molecule has 1 rings (SSSR count). The number of rotatable bonds is 1. The van der Waals surface area contributed by atoms with Crippen molar-refractivity contribution in [2.24, 2.45) is 0 Å². The van der Waals surface area contributed by atoms with Crippen molar-refractivity contribution >= 4 is 12.0 Å². The van der Waals surface area contributed by atoms with Gasteiger partial charge in [-0.2, -0.15) is 5.56 Å². The molecule has 0 aliphatic carbocycles. The van der Waals surface area contributed by atoms with Crippen LogP contribution in [0.15, 0.2) is 30.3 Å². The summed E-state index contributed by atoms with van der Waals surface area (Å²) in [6, 6.07) is 9.80. The minimum Gasteiger partial charge on any atom is -0.481 e. The number of carbonyl (C=O) groups is 1. The Hall–Kier alpha value is -0.947. The van der Waals surface area contributed by atoms with Crippen molar-refractivity contribution in [3.8, 4) is 0 Å². The molecule has 0 heterocycles. The SMILES string of the molecule is CC(=O)O.[CH-]=Cc1ccccc1.[Zn]. The Bertz CT molecular complexity index is 240. The van der Waals surface area contributed by atoms with Gasteiger partial charge in [0.25, 0.3) is 5.97 Å². The average Bonchev–Trinajstić information content (AvgIpc) is 2.05. The fourth-order valence-corrected chi connectivity index (χ4v) is 0.564. The maximum atomic E-state index is 9.00. The van der Waals surface area contributed by atoms with Gasteiger partial charge in [0.1, 0.15) is 0 Å². The van der Waals surface area contributed by atoms with E-state index in [1.165, 1.54) is 0 Å². The smallest absolute Gasteiger partial charge is 0.300 e. The monoisotopic (exact) mass is 227 g/mol. The molecule has 13 heavy (non-hydrogen) atoms. The zero-order chi connectivity index (χ0) is 9.40. The molecule has 0 amide bonds. The molecule has 0 atom stereocenters. The van der Waals surface area contributed by atoms with Crippen LogP contribution < -0.4 is 0 Å². The van der Waals surface area contributed by atoms with Crippen LogP contribution in [0.2, 0.25) is 0 Å². The van der Waals surface area contributed by atoms with Gasteiger partial charge in [-0.05, 0) is 0 Å². The van der Waals surface area contributed by atoms with Gasteiger partial charge in [-0.25, -0.2) is 6.08 Å². The molecule has 0 saturated carbocycles. The van der Waals surface area contributed by atoms with Crippen LogP contribution in [0.4, 0.5) is 0 Å². The van der Waals surface area contributed by atoms with Crippen LogP contribution in [0.3, 0.4) is 0 Å². The van der Waals surface area contributed by atoms with Gasteiger partial charge in [0.2, 0.25) is 0 Å². The Morgan fingerprint density at radius 2 is 1.77 bits per heavy atom. The van der Waals surface area contributed by atoms with Gasteiger partial charge in [-0.15, -0.1) is 12.1 Å². The van der Waals surface area contributed by atoms with Gasteiger partial charge >= 0.3 is 0 Å². The number of hydrogen-bond donors (Lipinski definition) is 1. The summed E-state index contributed by atoms with van der Waals surface area (Å²) in [6.07, 6.45) is 1.58. The van der Waals surface area contributed by atoms with Crippen LogP contribution in [-0.4, -0.2) is 11.1 Å². The number of carboxylic acid groups (broad SMARTS) is 1. The molecule has 0 aromatic heterocycles. The zero-order valence-corrected chi connectivity index (χ0v) is 10.6. The summed E-state index contributed by atoms with van der Waals surface area (Å²) in [4.78, 5) is 9.00. The summed E-state index contributed by atoms with van der Waals surface area (Å²) >= 11 is 0. The van der Waals surface area contributed by atoms with E-state index in [1.54, 1.807) is 6.08 Å². The van der Waals surface area contributed by atoms with Gasteiger partial charge in [-0.1, -0.05) is 18.2 Å². The quantitative estimate of drug-likeness (QED) is 0.591. The van der Waals surface area contributed by atoms with E-state index in [0.29, 0.717) is 0 Å². The molecular formula is C10H11O2Zn-. The number of aliphatic carboxylic acids is 1. The Morgan fingerprint density at radius 1 is 1.38 bits per heavy atom. The predicted octanol–water partition coefficient (Wildman–Crippen LogP) is 2.22. The van der Waals surface area contributed by atoms with E-state index in [9.17, 15) is 0 Å². The van der Waals surface area contributed by atoms with Crippen LogP contribution in [0.25, 0.3) is 6.08 Å². The van der Waals surface area contributed by atoms with Crippen molar-refractivity contribution in [1.29, 1.82) is 0 Å². The van der Waals surface area contributed by atoms with Gasteiger partial charge in [0.15, 0.2) is 0 Å². The summed E-state index contributed by atoms with van der Waals surface area (Å²) in [5, 5.41) is 7.42. The minimum atomic E-state index is -0.833. The fourth-order valence-electron chi connectivity index (χ4n) is 0.564. The molecule has 0 aliphatic heterocycles. The van der Waals surface area contributed by atoms with Crippen LogP contribution >= 0.6 is 0 Å². The molecule has 2 nitrogen and oxygen atoms in total. The van der Waals surface area contributed by atoms with E-state index >= 15 is 0 Å². The van der Waals surface area contributed by atoms with E-state index in [2.05, 4.69) is 0 Å². The average molecular weight is 229 g/mol. The molecule has 0 bridgehead atoms. The van der Waals surface area contributed by atoms with E-state index in [4.69, 9.17) is 16.5 Å². The molecule has 0 radical (unpaired) electrons. The maximum Gasteiger partial charge on any atom is 0.300 e. The zero-order valence-electron chi connectivity index (χ0n) is 7.60. The van der Waals surface area contributed by atoms with Gasteiger partial charge in [0.05, 0.1) is 0 Å². The first kappa shape index (κ1) is 14.6. The molecule has 3 heteroatoms. The molecule has 1 aromatic carbocycles. The van der Waals surface area contributed by atoms with E-state index < -0.39 is 5.97 Å². The van der Waals surface area contributed by atoms with Crippen LogP contribution in [-0.2, 0) is 24.3 Å². The Labute approximate surface area is 91.0 Å². The van der Waals surface area contributed by atoms with E-state index in [1.807, 2.05) is 30.3 Å². The van der Waals surface area contributed by atoms with Crippen molar-refractivity contribution < 1.29 is 29.4 Å². The molecule has 1 aromatic rings. The standard InChI is InChI=1S/C8H7.C2H4O2.Zn/c1-2-8-6-4-3-5-7-8;1-2(3)4;/h1-7H;1H3,(H,3,4);/q-1;;. The molecule has 1 N–H and O–H groups in total. The van der Waals surface area contributed by atoms with Crippen LogP contribution in [0, 0.1) is 6.58 Å². The van der Waals surface area contributed by atoms with Crippen molar-refractivity contribution in [2.45, 2.75) is 6.92 Å². The third kappa shape index (κ3) is 11.1. The second-order valence-corrected chi connectivity index (χ2v) is 2.10.